The molecule has 0 fully saturated rings. The third kappa shape index (κ3) is 6.95. The van der Waals surface area contributed by atoms with E-state index in [2.05, 4.69) is 72.8 Å². The molecule has 2 atom stereocenters. The van der Waals surface area contributed by atoms with Gasteiger partial charge in [-0.2, -0.15) is 0 Å². The summed E-state index contributed by atoms with van der Waals surface area (Å²) in [6.45, 7) is 5.84. The Balaban J connectivity index is 0.917. The number of rotatable bonds is 11. The van der Waals surface area contributed by atoms with Crippen LogP contribution in [0.1, 0.15) is 78.7 Å². The van der Waals surface area contributed by atoms with Gasteiger partial charge in [-0.25, -0.2) is 24.9 Å². The van der Waals surface area contributed by atoms with E-state index < -0.39 is 0 Å². The number of hydrogen-bond acceptors (Lipinski definition) is 9. The Labute approximate surface area is 325 Å². The third-order valence-corrected chi connectivity index (χ3v) is 13.3. The predicted molar refractivity (Wildman–Crippen MR) is 219 cm³/mol. The summed E-state index contributed by atoms with van der Waals surface area (Å²) < 4.78 is 7.56. The van der Waals surface area contributed by atoms with Gasteiger partial charge >= 0.3 is 0 Å². The summed E-state index contributed by atoms with van der Waals surface area (Å²) in [6.07, 6.45) is 26.4. The normalized spacial score (nSPS) is 19.3. The number of aromatic nitrogens is 9. The summed E-state index contributed by atoms with van der Waals surface area (Å²) in [5.74, 6) is 0. The second kappa shape index (κ2) is 15.7. The average Bonchev–Trinajstić information content (AvgIpc) is 3.46. The second-order valence-corrected chi connectivity index (χ2v) is 16.8. The van der Waals surface area contributed by atoms with Gasteiger partial charge in [-0.1, -0.05) is 6.42 Å². The summed E-state index contributed by atoms with van der Waals surface area (Å²) in [6, 6.07) is 0.936. The van der Waals surface area contributed by atoms with Crippen molar-refractivity contribution >= 4 is 33.2 Å². The Hall–Kier alpha value is -4.26. The zero-order chi connectivity index (χ0) is 37.5. The topological polar surface area (TPSA) is 102 Å². The highest BCUT2D eigenvalue weighted by Gasteiger charge is 2.30. The fraction of sp³-hybridized carbons (Fsp3) is 0.581. The van der Waals surface area contributed by atoms with Crippen LogP contribution in [0.4, 0.5) is 0 Å². The minimum atomic E-state index is 0.461. The maximum absolute atomic E-state index is 4.92. The van der Waals surface area contributed by atoms with Crippen molar-refractivity contribution in [2.75, 3.05) is 47.8 Å². The molecule has 0 saturated carbocycles. The molecule has 3 aliphatic carbocycles. The van der Waals surface area contributed by atoms with Gasteiger partial charge in [0.1, 0.15) is 23.8 Å². The lowest BCUT2D eigenvalue weighted by Gasteiger charge is -2.28. The Morgan fingerprint density at radius 1 is 0.564 bits per heavy atom. The van der Waals surface area contributed by atoms with Crippen LogP contribution < -0.4 is 0 Å². The number of aryl methyl sites for hydroxylation is 1. The van der Waals surface area contributed by atoms with E-state index in [4.69, 9.17) is 19.9 Å². The van der Waals surface area contributed by atoms with Gasteiger partial charge in [0, 0.05) is 98.0 Å². The number of likely N-dealkylation sites (N-methyl/N-ethyl adjacent to an activating group) is 3. The lowest BCUT2D eigenvalue weighted by atomic mass is 10.0. The van der Waals surface area contributed by atoms with E-state index in [0.717, 1.165) is 94.6 Å². The van der Waals surface area contributed by atoms with Crippen molar-refractivity contribution in [3.63, 3.8) is 0 Å². The molecule has 0 spiro atoms. The summed E-state index contributed by atoms with van der Waals surface area (Å²) in [5.41, 5.74) is 14.4. The summed E-state index contributed by atoms with van der Waals surface area (Å²) >= 11 is 0. The molecule has 0 aliphatic heterocycles. The first-order valence-electron chi connectivity index (χ1n) is 20.9. The molecule has 12 heteroatoms. The molecule has 0 N–H and O–H groups in total. The Morgan fingerprint density at radius 3 is 1.98 bits per heavy atom. The van der Waals surface area contributed by atoms with Crippen LogP contribution in [0.2, 0.25) is 0 Å². The predicted octanol–water partition coefficient (Wildman–Crippen LogP) is 5.51. The van der Waals surface area contributed by atoms with E-state index in [1.165, 1.54) is 95.1 Å². The molecule has 6 aromatic heterocycles. The average molecular weight is 743 g/mol. The number of hydrogen-bond donors (Lipinski definition) is 0. The molecule has 0 radical (unpaired) electrons. The molecule has 12 nitrogen and oxygen atoms in total. The second-order valence-electron chi connectivity index (χ2n) is 16.8. The molecular weight excluding hydrogens is 685 g/mol. The van der Waals surface area contributed by atoms with Crippen molar-refractivity contribution in [1.29, 1.82) is 0 Å². The highest BCUT2D eigenvalue weighted by Crippen LogP contribution is 2.34. The molecule has 2 unspecified atom stereocenters. The molecule has 6 aromatic rings. The van der Waals surface area contributed by atoms with Crippen molar-refractivity contribution < 1.29 is 0 Å². The van der Waals surface area contributed by atoms with Crippen LogP contribution in [-0.4, -0.2) is 118 Å². The SMILES string of the molecule is CN(C)CCn1c2c(c3nccnc31)CC(N(C)CCn1c3c(c4cncnc41)CC(N(C)CCn1c4c(c5ncncc51)CCCCC4)CCC3)CCC2. The number of fused-ring (bicyclic) bond motifs is 9. The van der Waals surface area contributed by atoms with Crippen LogP contribution in [0.5, 0.6) is 0 Å². The highest BCUT2D eigenvalue weighted by atomic mass is 15.2. The monoisotopic (exact) mass is 742 g/mol. The molecule has 0 saturated heterocycles. The maximum Gasteiger partial charge on any atom is 0.159 e. The molecule has 55 heavy (non-hydrogen) atoms. The summed E-state index contributed by atoms with van der Waals surface area (Å²) in [4.78, 5) is 35.9. The van der Waals surface area contributed by atoms with Crippen LogP contribution in [0.25, 0.3) is 33.2 Å². The first-order chi connectivity index (χ1) is 27.0. The minimum absolute atomic E-state index is 0.461. The molecule has 9 rings (SSSR count). The quantitative estimate of drug-likeness (QED) is 0.159. The van der Waals surface area contributed by atoms with Gasteiger partial charge in [0.2, 0.25) is 0 Å². The van der Waals surface area contributed by atoms with E-state index in [-0.39, 0.29) is 0 Å². The van der Waals surface area contributed by atoms with E-state index in [0.29, 0.717) is 12.1 Å². The van der Waals surface area contributed by atoms with Crippen molar-refractivity contribution in [3.05, 3.63) is 71.2 Å². The van der Waals surface area contributed by atoms with Gasteiger partial charge in [0.15, 0.2) is 5.65 Å². The van der Waals surface area contributed by atoms with E-state index >= 15 is 0 Å². The summed E-state index contributed by atoms with van der Waals surface area (Å²) in [5, 5.41) is 1.24. The smallest absolute Gasteiger partial charge is 0.159 e. The first-order valence-corrected chi connectivity index (χ1v) is 20.9. The third-order valence-electron chi connectivity index (χ3n) is 13.3. The zero-order valence-electron chi connectivity index (χ0n) is 33.4. The van der Waals surface area contributed by atoms with Crippen LogP contribution >= 0.6 is 0 Å². The van der Waals surface area contributed by atoms with Gasteiger partial charge in [-0.3, -0.25) is 4.98 Å². The van der Waals surface area contributed by atoms with Gasteiger partial charge in [-0.05, 0) is 116 Å². The first kappa shape index (κ1) is 36.4. The Kier molecular flexibility index (Phi) is 10.4. The van der Waals surface area contributed by atoms with Gasteiger partial charge in [-0.15, -0.1) is 0 Å². The zero-order valence-corrected chi connectivity index (χ0v) is 33.4. The largest absolute Gasteiger partial charge is 0.340 e. The van der Waals surface area contributed by atoms with Crippen LogP contribution in [0, 0.1) is 0 Å². The molecule has 0 amide bonds. The van der Waals surface area contributed by atoms with Crippen LogP contribution in [-0.2, 0) is 58.2 Å². The summed E-state index contributed by atoms with van der Waals surface area (Å²) in [7, 11) is 8.96. The van der Waals surface area contributed by atoms with Crippen molar-refractivity contribution in [3.8, 4) is 0 Å². The molecule has 3 aliphatic rings. The fourth-order valence-electron chi connectivity index (χ4n) is 10.3. The van der Waals surface area contributed by atoms with Gasteiger partial charge < -0.3 is 28.4 Å². The minimum Gasteiger partial charge on any atom is -0.340 e. The van der Waals surface area contributed by atoms with Gasteiger partial charge in [0.25, 0.3) is 0 Å². The van der Waals surface area contributed by atoms with Crippen LogP contribution in [0.3, 0.4) is 0 Å². The highest BCUT2D eigenvalue weighted by molar-refractivity contribution is 5.82. The van der Waals surface area contributed by atoms with Crippen molar-refractivity contribution in [2.45, 2.75) is 115 Å². The molecular formula is C43H58N12. The molecule has 6 heterocycles. The van der Waals surface area contributed by atoms with E-state index in [9.17, 15) is 0 Å². The molecule has 0 aromatic carbocycles. The molecule has 290 valence electrons. The van der Waals surface area contributed by atoms with Crippen LogP contribution in [0.15, 0.2) is 37.4 Å². The maximum atomic E-state index is 4.92. The van der Waals surface area contributed by atoms with Gasteiger partial charge in [0.05, 0.1) is 17.2 Å². The number of nitrogens with zero attached hydrogens (tertiary/aromatic N) is 12. The standard InChI is InChI=1S/C43H58N12/c1-50(2)18-21-55-38-15-9-11-31(25-34(38)41-43(55)47-17-16-46-41)52(4)20-23-54-37-14-8-10-30(24-33(37)35-26-44-29-49-42(35)54)51(3)19-22-53-36-13-7-5-6-12-32(36)40-39(53)27-45-28-48-40/h16-17,26-31H,5-15,18-25H2,1-4H3. The lowest BCUT2D eigenvalue weighted by molar-refractivity contribution is 0.220. The van der Waals surface area contributed by atoms with E-state index in [1.54, 1.807) is 12.7 Å². The molecule has 0 bridgehead atoms. The van der Waals surface area contributed by atoms with Crippen molar-refractivity contribution in [1.82, 2.24) is 58.3 Å². The van der Waals surface area contributed by atoms with Crippen molar-refractivity contribution in [2.24, 2.45) is 0 Å². The fourth-order valence-corrected chi connectivity index (χ4v) is 10.3. The Bertz CT molecular complexity index is 2280. The Morgan fingerprint density at radius 2 is 1.18 bits per heavy atom. The van der Waals surface area contributed by atoms with E-state index in [1.807, 2.05) is 18.6 Å². The lowest BCUT2D eigenvalue weighted by Crippen LogP contribution is -2.36.